The molecule has 1 N–H and O–H groups in total. The van der Waals surface area contributed by atoms with Crippen LogP contribution in [0.15, 0.2) is 24.3 Å². The number of aliphatic carboxylic acids is 1. The second kappa shape index (κ2) is 5.11. The lowest BCUT2D eigenvalue weighted by atomic mass is 9.99. The topological polar surface area (TPSA) is 81.4 Å². The van der Waals surface area contributed by atoms with Gasteiger partial charge in [0, 0.05) is 18.7 Å². The van der Waals surface area contributed by atoms with Crippen LogP contribution in [0.25, 0.3) is 0 Å². The largest absolute Gasteiger partial charge is 0.481 e. The molecule has 5 heteroatoms. The zero-order valence-electron chi connectivity index (χ0n) is 10.5. The maximum atomic E-state index is 12.3. The number of carbonyl (C=O) groups is 2. The normalized spacial score (nSPS) is 22.0. The number of carboxylic acids is 1. The van der Waals surface area contributed by atoms with Gasteiger partial charge >= 0.3 is 5.97 Å². The maximum absolute atomic E-state index is 12.3. The Morgan fingerprint density at radius 1 is 1.42 bits per heavy atom. The molecular weight excluding hydrogens is 244 g/mol. The summed E-state index contributed by atoms with van der Waals surface area (Å²) in [4.78, 5) is 24.8. The number of benzene rings is 1. The molecule has 2 unspecified atom stereocenters. The van der Waals surface area contributed by atoms with Gasteiger partial charge < -0.3 is 10.0 Å². The van der Waals surface area contributed by atoms with Gasteiger partial charge in [0.05, 0.1) is 17.6 Å². The highest BCUT2D eigenvalue weighted by Crippen LogP contribution is 2.24. The van der Waals surface area contributed by atoms with E-state index in [1.807, 2.05) is 13.0 Å². The molecule has 0 saturated carbocycles. The number of rotatable bonds is 2. The molecule has 0 aliphatic carbocycles. The van der Waals surface area contributed by atoms with Gasteiger partial charge in [-0.05, 0) is 24.1 Å². The van der Waals surface area contributed by atoms with Crippen molar-refractivity contribution in [2.24, 2.45) is 11.8 Å². The van der Waals surface area contributed by atoms with Gasteiger partial charge in [0.1, 0.15) is 0 Å². The second-order valence-electron chi connectivity index (χ2n) is 4.82. The summed E-state index contributed by atoms with van der Waals surface area (Å²) in [5.41, 5.74) is 0.852. The van der Waals surface area contributed by atoms with Gasteiger partial charge in [0.25, 0.3) is 5.91 Å². The first-order valence-corrected chi connectivity index (χ1v) is 6.05. The average molecular weight is 258 g/mol. The Kier molecular flexibility index (Phi) is 3.52. The minimum absolute atomic E-state index is 0.0550. The molecule has 98 valence electrons. The van der Waals surface area contributed by atoms with E-state index in [2.05, 4.69) is 0 Å². The van der Waals surface area contributed by atoms with Crippen molar-refractivity contribution in [3.05, 3.63) is 35.4 Å². The molecule has 1 aliphatic rings. The van der Waals surface area contributed by atoms with Crippen molar-refractivity contribution in [2.45, 2.75) is 6.92 Å². The van der Waals surface area contributed by atoms with Crippen LogP contribution in [0.1, 0.15) is 22.8 Å². The van der Waals surface area contributed by atoms with E-state index in [-0.39, 0.29) is 18.4 Å². The van der Waals surface area contributed by atoms with Crippen molar-refractivity contribution in [3.8, 4) is 6.07 Å². The van der Waals surface area contributed by atoms with Gasteiger partial charge in [-0.15, -0.1) is 0 Å². The maximum Gasteiger partial charge on any atom is 0.308 e. The minimum atomic E-state index is -0.867. The molecule has 1 aliphatic heterocycles. The van der Waals surface area contributed by atoms with Crippen molar-refractivity contribution in [3.63, 3.8) is 0 Å². The highest BCUT2D eigenvalue weighted by molar-refractivity contribution is 5.95. The first-order chi connectivity index (χ1) is 9.02. The Balaban J connectivity index is 2.17. The van der Waals surface area contributed by atoms with Gasteiger partial charge in [-0.1, -0.05) is 13.0 Å². The lowest BCUT2D eigenvalue weighted by molar-refractivity contribution is -0.142. The molecular formula is C14H14N2O3. The van der Waals surface area contributed by atoms with E-state index >= 15 is 0 Å². The zero-order chi connectivity index (χ0) is 14.0. The predicted octanol–water partition coefficient (Wildman–Crippen LogP) is 1.35. The molecule has 1 heterocycles. The summed E-state index contributed by atoms with van der Waals surface area (Å²) in [6.07, 6.45) is 0. The lowest BCUT2D eigenvalue weighted by Crippen LogP contribution is -2.29. The molecule has 5 nitrogen and oxygen atoms in total. The molecule has 0 radical (unpaired) electrons. The summed E-state index contributed by atoms with van der Waals surface area (Å²) in [6.45, 7) is 2.50. The molecule has 1 aromatic rings. The van der Waals surface area contributed by atoms with Crippen LogP contribution in [0.5, 0.6) is 0 Å². The monoisotopic (exact) mass is 258 g/mol. The quantitative estimate of drug-likeness (QED) is 0.868. The predicted molar refractivity (Wildman–Crippen MR) is 67.4 cm³/mol. The standard InChI is InChI=1S/C14H14N2O3/c1-9-7-16(8-12(9)14(18)19)13(17)11-4-2-3-10(5-11)6-15/h2-5,9,12H,7-8H2,1H3,(H,18,19). The van der Waals surface area contributed by atoms with Gasteiger partial charge in [-0.3, -0.25) is 9.59 Å². The molecule has 1 aromatic carbocycles. The van der Waals surface area contributed by atoms with E-state index in [1.54, 1.807) is 23.1 Å². The first-order valence-electron chi connectivity index (χ1n) is 6.05. The molecule has 0 bridgehead atoms. The third-order valence-corrected chi connectivity index (χ3v) is 3.46. The van der Waals surface area contributed by atoms with Crippen molar-refractivity contribution in [1.82, 2.24) is 4.90 Å². The third kappa shape index (κ3) is 2.58. The Hall–Kier alpha value is -2.35. The van der Waals surface area contributed by atoms with Crippen LogP contribution < -0.4 is 0 Å². The molecule has 1 fully saturated rings. The highest BCUT2D eigenvalue weighted by Gasteiger charge is 2.37. The number of hydrogen-bond donors (Lipinski definition) is 1. The lowest BCUT2D eigenvalue weighted by Gasteiger charge is -2.15. The molecule has 2 atom stereocenters. The van der Waals surface area contributed by atoms with Crippen LogP contribution in [0.3, 0.4) is 0 Å². The second-order valence-corrected chi connectivity index (χ2v) is 4.82. The summed E-state index contributed by atoms with van der Waals surface area (Å²) in [7, 11) is 0. The van der Waals surface area contributed by atoms with E-state index in [0.29, 0.717) is 17.7 Å². The van der Waals surface area contributed by atoms with Gasteiger partial charge in [0.2, 0.25) is 0 Å². The van der Waals surface area contributed by atoms with Crippen molar-refractivity contribution in [1.29, 1.82) is 5.26 Å². The number of nitrogens with zero attached hydrogens (tertiary/aromatic N) is 2. The summed E-state index contributed by atoms with van der Waals surface area (Å²) < 4.78 is 0. The minimum Gasteiger partial charge on any atom is -0.481 e. The van der Waals surface area contributed by atoms with Crippen LogP contribution in [-0.2, 0) is 4.79 Å². The van der Waals surface area contributed by atoms with Crippen LogP contribution in [-0.4, -0.2) is 35.0 Å². The Morgan fingerprint density at radius 2 is 2.16 bits per heavy atom. The van der Waals surface area contributed by atoms with E-state index in [9.17, 15) is 9.59 Å². The number of hydrogen-bond acceptors (Lipinski definition) is 3. The Bertz CT molecular complexity index is 562. The van der Waals surface area contributed by atoms with E-state index in [4.69, 9.17) is 10.4 Å². The van der Waals surface area contributed by atoms with Gasteiger partial charge in [-0.25, -0.2) is 0 Å². The van der Waals surface area contributed by atoms with E-state index < -0.39 is 11.9 Å². The summed E-state index contributed by atoms with van der Waals surface area (Å²) >= 11 is 0. The van der Waals surface area contributed by atoms with Gasteiger partial charge in [0.15, 0.2) is 0 Å². The smallest absolute Gasteiger partial charge is 0.308 e. The summed E-state index contributed by atoms with van der Waals surface area (Å²) in [6, 6.07) is 8.43. The summed E-state index contributed by atoms with van der Waals surface area (Å²) in [5, 5.41) is 17.9. The zero-order valence-corrected chi connectivity index (χ0v) is 10.5. The number of carbonyl (C=O) groups excluding carboxylic acids is 1. The Morgan fingerprint density at radius 3 is 2.74 bits per heavy atom. The van der Waals surface area contributed by atoms with Crippen LogP contribution >= 0.6 is 0 Å². The van der Waals surface area contributed by atoms with E-state index in [1.165, 1.54) is 6.07 Å². The fourth-order valence-electron chi connectivity index (χ4n) is 2.36. The molecule has 0 spiro atoms. The molecule has 0 aromatic heterocycles. The number of likely N-dealkylation sites (tertiary alicyclic amines) is 1. The number of nitriles is 1. The van der Waals surface area contributed by atoms with Crippen LogP contribution in [0, 0.1) is 23.2 Å². The van der Waals surface area contributed by atoms with E-state index in [0.717, 1.165) is 0 Å². The van der Waals surface area contributed by atoms with Crippen LogP contribution in [0.2, 0.25) is 0 Å². The summed E-state index contributed by atoms with van der Waals surface area (Å²) in [5.74, 6) is -1.65. The molecule has 1 saturated heterocycles. The first kappa shape index (κ1) is 13.1. The fraction of sp³-hybridized carbons (Fsp3) is 0.357. The average Bonchev–Trinajstić information content (AvgIpc) is 2.80. The van der Waals surface area contributed by atoms with Crippen LogP contribution in [0.4, 0.5) is 0 Å². The van der Waals surface area contributed by atoms with Gasteiger partial charge in [-0.2, -0.15) is 5.26 Å². The molecule has 1 amide bonds. The molecule has 19 heavy (non-hydrogen) atoms. The fourth-order valence-corrected chi connectivity index (χ4v) is 2.36. The van der Waals surface area contributed by atoms with Crippen molar-refractivity contribution >= 4 is 11.9 Å². The Labute approximate surface area is 111 Å². The number of carboxylic acid groups (broad SMARTS) is 1. The molecule has 2 rings (SSSR count). The van der Waals surface area contributed by atoms with Crippen molar-refractivity contribution in [2.75, 3.05) is 13.1 Å². The SMILES string of the molecule is CC1CN(C(=O)c2cccc(C#N)c2)CC1C(=O)O. The number of amides is 1. The van der Waals surface area contributed by atoms with Crippen molar-refractivity contribution < 1.29 is 14.7 Å². The highest BCUT2D eigenvalue weighted by atomic mass is 16.4. The third-order valence-electron chi connectivity index (χ3n) is 3.46.